The zero-order valence-electron chi connectivity index (χ0n) is 14.5. The van der Waals surface area contributed by atoms with Crippen LogP contribution in [0.25, 0.3) is 10.2 Å². The highest BCUT2D eigenvalue weighted by molar-refractivity contribution is 7.17. The van der Waals surface area contributed by atoms with E-state index in [2.05, 4.69) is 38.6 Å². The molecule has 0 atom stereocenters. The van der Waals surface area contributed by atoms with Crippen molar-refractivity contribution in [3.63, 3.8) is 0 Å². The van der Waals surface area contributed by atoms with E-state index in [9.17, 15) is 0 Å². The quantitative estimate of drug-likeness (QED) is 0.755. The van der Waals surface area contributed by atoms with E-state index < -0.39 is 0 Å². The fourth-order valence-electron chi connectivity index (χ4n) is 3.07. The van der Waals surface area contributed by atoms with Gasteiger partial charge < -0.3 is 14.5 Å². The maximum absolute atomic E-state index is 5.98. The molecule has 0 bridgehead atoms. The Labute approximate surface area is 150 Å². The minimum absolute atomic E-state index is 0.615. The number of rotatable bonds is 5. The summed E-state index contributed by atoms with van der Waals surface area (Å²) in [6, 6.07) is 4.09. The van der Waals surface area contributed by atoms with Crippen LogP contribution in [-0.4, -0.2) is 41.2 Å². The fraction of sp³-hybridized carbons (Fsp3) is 0.444. The molecule has 25 heavy (non-hydrogen) atoms. The minimum Gasteiger partial charge on any atom is -0.463 e. The highest BCUT2D eigenvalue weighted by Crippen LogP contribution is 2.29. The van der Waals surface area contributed by atoms with Gasteiger partial charge in [0, 0.05) is 13.1 Å². The number of ether oxygens (including phenoxy) is 1. The first-order valence-corrected chi connectivity index (χ1v) is 9.41. The van der Waals surface area contributed by atoms with Crippen LogP contribution in [0.5, 0.6) is 0 Å². The standard InChI is InChI=1S/C18H22N4O2S/c1-12-11-25-18-16(12)17(20-13(2)21-18)19-9-14-3-4-15(24-14)10-22-5-7-23-8-6-22/h3-4,11H,5-10H2,1-2H3,(H,19,20,21). The molecule has 1 aliphatic rings. The summed E-state index contributed by atoms with van der Waals surface area (Å²) < 4.78 is 11.4. The second-order valence-corrected chi connectivity index (χ2v) is 7.19. The van der Waals surface area contributed by atoms with Crippen LogP contribution in [0.15, 0.2) is 21.9 Å². The number of thiophene rings is 1. The number of morpholine rings is 1. The van der Waals surface area contributed by atoms with Crippen molar-refractivity contribution in [1.29, 1.82) is 0 Å². The normalized spacial score (nSPS) is 15.8. The summed E-state index contributed by atoms with van der Waals surface area (Å²) in [6.07, 6.45) is 0. The van der Waals surface area contributed by atoms with Gasteiger partial charge >= 0.3 is 0 Å². The molecule has 3 aromatic heterocycles. The molecule has 0 amide bonds. The lowest BCUT2D eigenvalue weighted by Crippen LogP contribution is -2.35. The third-order valence-electron chi connectivity index (χ3n) is 4.36. The van der Waals surface area contributed by atoms with E-state index in [-0.39, 0.29) is 0 Å². The number of hydrogen-bond acceptors (Lipinski definition) is 7. The van der Waals surface area contributed by atoms with Crippen LogP contribution in [0, 0.1) is 13.8 Å². The van der Waals surface area contributed by atoms with Gasteiger partial charge in [-0.05, 0) is 36.9 Å². The van der Waals surface area contributed by atoms with Gasteiger partial charge in [0.05, 0.1) is 31.7 Å². The van der Waals surface area contributed by atoms with Gasteiger partial charge in [0.15, 0.2) is 0 Å². The monoisotopic (exact) mass is 358 g/mol. The second kappa shape index (κ2) is 7.11. The second-order valence-electron chi connectivity index (χ2n) is 6.33. The third-order valence-corrected chi connectivity index (χ3v) is 5.35. The van der Waals surface area contributed by atoms with E-state index in [1.807, 2.05) is 13.0 Å². The summed E-state index contributed by atoms with van der Waals surface area (Å²) in [4.78, 5) is 12.5. The van der Waals surface area contributed by atoms with Crippen LogP contribution in [0.3, 0.4) is 0 Å². The molecule has 7 heteroatoms. The average molecular weight is 358 g/mol. The Morgan fingerprint density at radius 3 is 2.80 bits per heavy atom. The number of aryl methyl sites for hydroxylation is 2. The first-order valence-electron chi connectivity index (χ1n) is 8.53. The highest BCUT2D eigenvalue weighted by Gasteiger charge is 2.14. The predicted octanol–water partition coefficient (Wildman–Crippen LogP) is 3.35. The van der Waals surface area contributed by atoms with Gasteiger partial charge in [0.25, 0.3) is 0 Å². The van der Waals surface area contributed by atoms with Gasteiger partial charge in [-0.2, -0.15) is 0 Å². The zero-order valence-corrected chi connectivity index (χ0v) is 15.4. The molecule has 0 aromatic carbocycles. The molecular formula is C18H22N4O2S. The summed E-state index contributed by atoms with van der Waals surface area (Å²) in [6.45, 7) is 9.00. The summed E-state index contributed by atoms with van der Waals surface area (Å²) in [5, 5.41) is 6.65. The Bertz CT molecular complexity index is 867. The van der Waals surface area contributed by atoms with Crippen molar-refractivity contribution in [2.45, 2.75) is 26.9 Å². The third kappa shape index (κ3) is 3.68. The zero-order chi connectivity index (χ0) is 17.2. The van der Waals surface area contributed by atoms with Crippen molar-refractivity contribution >= 4 is 27.4 Å². The maximum Gasteiger partial charge on any atom is 0.139 e. The van der Waals surface area contributed by atoms with E-state index in [0.717, 1.165) is 66.2 Å². The first kappa shape index (κ1) is 16.5. The lowest BCUT2D eigenvalue weighted by Gasteiger charge is -2.25. The molecule has 1 aliphatic heterocycles. The average Bonchev–Trinajstić information content (AvgIpc) is 3.20. The van der Waals surface area contributed by atoms with E-state index in [1.165, 1.54) is 5.56 Å². The Hall–Kier alpha value is -1.96. The largest absolute Gasteiger partial charge is 0.463 e. The number of fused-ring (bicyclic) bond motifs is 1. The molecule has 0 saturated carbocycles. The Balaban J connectivity index is 1.44. The number of furan rings is 1. The molecule has 132 valence electrons. The van der Waals surface area contributed by atoms with Crippen molar-refractivity contribution in [2.24, 2.45) is 0 Å². The lowest BCUT2D eigenvalue weighted by molar-refractivity contribution is 0.0312. The molecule has 1 fully saturated rings. The van der Waals surface area contributed by atoms with Crippen LogP contribution < -0.4 is 5.32 Å². The van der Waals surface area contributed by atoms with Gasteiger partial charge in [-0.15, -0.1) is 11.3 Å². The van der Waals surface area contributed by atoms with E-state index >= 15 is 0 Å². The molecule has 4 heterocycles. The van der Waals surface area contributed by atoms with Crippen LogP contribution >= 0.6 is 11.3 Å². The van der Waals surface area contributed by atoms with Crippen LogP contribution in [0.4, 0.5) is 5.82 Å². The molecule has 1 N–H and O–H groups in total. The molecule has 0 unspecified atom stereocenters. The first-order chi connectivity index (χ1) is 12.2. The Morgan fingerprint density at radius 1 is 1.16 bits per heavy atom. The van der Waals surface area contributed by atoms with Gasteiger partial charge in [-0.3, -0.25) is 4.90 Å². The maximum atomic E-state index is 5.98. The van der Waals surface area contributed by atoms with Crippen molar-refractivity contribution in [3.8, 4) is 0 Å². The van der Waals surface area contributed by atoms with Gasteiger partial charge in [-0.25, -0.2) is 9.97 Å². The molecule has 4 rings (SSSR count). The molecule has 3 aromatic rings. The van der Waals surface area contributed by atoms with E-state index in [4.69, 9.17) is 9.15 Å². The highest BCUT2D eigenvalue weighted by atomic mass is 32.1. The molecular weight excluding hydrogens is 336 g/mol. The molecule has 6 nitrogen and oxygen atoms in total. The number of hydrogen-bond donors (Lipinski definition) is 1. The fourth-order valence-corrected chi connectivity index (χ4v) is 4.04. The number of aromatic nitrogens is 2. The van der Waals surface area contributed by atoms with Crippen molar-refractivity contribution < 1.29 is 9.15 Å². The molecule has 1 saturated heterocycles. The Kier molecular flexibility index (Phi) is 4.70. The van der Waals surface area contributed by atoms with E-state index in [1.54, 1.807) is 11.3 Å². The van der Waals surface area contributed by atoms with E-state index in [0.29, 0.717) is 6.54 Å². The summed E-state index contributed by atoms with van der Waals surface area (Å²) in [5.41, 5.74) is 1.20. The molecule has 0 spiro atoms. The molecule has 0 radical (unpaired) electrons. The summed E-state index contributed by atoms with van der Waals surface area (Å²) in [5.74, 6) is 3.58. The van der Waals surface area contributed by atoms with Crippen LogP contribution in [0.2, 0.25) is 0 Å². The Morgan fingerprint density at radius 2 is 1.96 bits per heavy atom. The van der Waals surface area contributed by atoms with Gasteiger partial charge in [-0.1, -0.05) is 0 Å². The van der Waals surface area contributed by atoms with Crippen LogP contribution in [0.1, 0.15) is 22.9 Å². The smallest absolute Gasteiger partial charge is 0.139 e. The van der Waals surface area contributed by atoms with Crippen molar-refractivity contribution in [3.05, 3.63) is 40.4 Å². The van der Waals surface area contributed by atoms with Crippen LogP contribution in [-0.2, 0) is 17.8 Å². The topological polar surface area (TPSA) is 63.4 Å². The SMILES string of the molecule is Cc1nc(NCc2ccc(CN3CCOCC3)o2)c2c(C)csc2n1. The molecule has 0 aliphatic carbocycles. The minimum atomic E-state index is 0.615. The van der Waals surface area contributed by atoms with Crippen molar-refractivity contribution in [2.75, 3.05) is 31.6 Å². The summed E-state index contributed by atoms with van der Waals surface area (Å²) in [7, 11) is 0. The number of nitrogens with one attached hydrogen (secondary N) is 1. The number of nitrogens with zero attached hydrogens (tertiary/aromatic N) is 3. The van der Waals surface area contributed by atoms with Crippen molar-refractivity contribution in [1.82, 2.24) is 14.9 Å². The predicted molar refractivity (Wildman–Crippen MR) is 99.0 cm³/mol. The van der Waals surface area contributed by atoms with Gasteiger partial charge in [0.2, 0.25) is 0 Å². The lowest BCUT2D eigenvalue weighted by atomic mass is 10.2. The summed E-state index contributed by atoms with van der Waals surface area (Å²) >= 11 is 1.66. The number of anilines is 1. The van der Waals surface area contributed by atoms with Gasteiger partial charge in [0.1, 0.15) is 28.0 Å².